The minimum absolute atomic E-state index is 0.824. The van der Waals surface area contributed by atoms with Gasteiger partial charge >= 0.3 is 0 Å². The Hall–Kier alpha value is -18.5. The van der Waals surface area contributed by atoms with Gasteiger partial charge in [-0.05, 0) is 247 Å². The fourth-order valence-electron chi connectivity index (χ4n) is 24.4. The van der Waals surface area contributed by atoms with E-state index >= 15 is 0 Å². The van der Waals surface area contributed by atoms with E-state index in [1.54, 1.807) is 0 Å². The Bertz CT molecular complexity index is 10400. The van der Waals surface area contributed by atoms with E-state index in [1.807, 2.05) is 0 Å². The van der Waals surface area contributed by atoms with Gasteiger partial charge in [0, 0.05) is 87.2 Å². The largest absolute Gasteiger partial charge is 0.455 e. The summed E-state index contributed by atoms with van der Waals surface area (Å²) in [4.78, 5) is 0. The number of hydrogen-bond donors (Lipinski definition) is 0. The molecule has 0 fully saturated rings. The highest BCUT2D eigenvalue weighted by molar-refractivity contribution is 6.39. The molecule has 0 unspecified atom stereocenters. The topological polar surface area (TPSA) is 52.6 Å². The molecular weight excluding hydrogens is 1700 g/mol. The number of benzene rings is 26. The zero-order chi connectivity index (χ0) is 91.5. The van der Waals surface area contributed by atoms with Crippen LogP contribution in [0.5, 0.6) is 0 Å². The molecule has 0 radical (unpaired) electrons. The molecule has 4 heteroatoms. The van der Waals surface area contributed by atoms with Crippen molar-refractivity contribution < 1.29 is 17.7 Å². The Kier molecular flexibility index (Phi) is 17.0. The summed E-state index contributed by atoms with van der Waals surface area (Å²) >= 11 is 0. The monoisotopic (exact) mass is 1770 g/mol. The van der Waals surface area contributed by atoms with Gasteiger partial charge in [0.1, 0.15) is 44.7 Å². The van der Waals surface area contributed by atoms with Gasteiger partial charge in [0.05, 0.1) is 0 Å². The van der Waals surface area contributed by atoms with Gasteiger partial charge < -0.3 is 17.7 Å². The lowest BCUT2D eigenvalue weighted by molar-refractivity contribution is 0.669. The second kappa shape index (κ2) is 30.5. The first-order valence-electron chi connectivity index (χ1n) is 48.2. The average Bonchev–Trinajstić information content (AvgIpc) is 1.47. The standard InChI is InChI=1S/C136H78O4/c1-4-35-80(36-5-1)119-93-47-14-20-53-99(93)126(100-54-21-15-48-94(100)119)90-44-11-10-43-89(90)112-76-88-78-114(136-132(109-62-29-33-66-118(109)140-136)125(88)130-107-60-27-31-64-116(107)138-134(112)130)128-103-57-24-18-51-97(103)122(98-52-19-25-58-104(98)128)83-69-67-79(68-70-83)84-71-72-105-111(74-84)123(92-46-13-12-45-91(92)121(105)82-39-8-3-9-40-82)86-42-34-41-85(73-86)110-75-87-77-113(127-101-55-22-16-49-95(101)120(81-37-6-2-7-38-81)96-50-17-23-56-102(96)127)135-131(108-61-28-32-65-117(108)139-135)124(87)129-106-59-26-30-63-115(106)137-133(110)129/h1-78H. The molecule has 0 aliphatic rings. The Balaban J connectivity index is 0.593. The summed E-state index contributed by atoms with van der Waals surface area (Å²) in [5, 5.41) is 31.5. The normalized spacial score (nSPS) is 12.1. The Morgan fingerprint density at radius 3 is 0.707 bits per heavy atom. The van der Waals surface area contributed by atoms with E-state index in [-0.39, 0.29) is 0 Å². The molecule has 4 heterocycles. The minimum atomic E-state index is 0.824. The molecule has 30 aromatic rings. The van der Waals surface area contributed by atoms with Crippen molar-refractivity contribution in [1.29, 1.82) is 0 Å². The molecule has 0 saturated carbocycles. The van der Waals surface area contributed by atoms with E-state index in [9.17, 15) is 0 Å². The van der Waals surface area contributed by atoms with Gasteiger partial charge in [-0.1, -0.05) is 413 Å². The van der Waals surface area contributed by atoms with Crippen LogP contribution < -0.4 is 0 Å². The molecule has 0 aliphatic heterocycles. The fourth-order valence-corrected chi connectivity index (χ4v) is 24.4. The van der Waals surface area contributed by atoms with E-state index in [0.29, 0.717) is 0 Å². The van der Waals surface area contributed by atoms with Crippen molar-refractivity contribution in [2.75, 3.05) is 0 Å². The second-order valence-electron chi connectivity index (χ2n) is 37.5. The van der Waals surface area contributed by atoms with E-state index in [2.05, 4.69) is 473 Å². The maximum atomic E-state index is 7.46. The van der Waals surface area contributed by atoms with Crippen LogP contribution >= 0.6 is 0 Å². The summed E-state index contributed by atoms with van der Waals surface area (Å²) in [7, 11) is 0. The molecule has 0 spiro atoms. The lowest BCUT2D eigenvalue weighted by Crippen LogP contribution is -1.94. The lowest BCUT2D eigenvalue weighted by Gasteiger charge is -2.20. The van der Waals surface area contributed by atoms with Crippen LogP contribution in [-0.2, 0) is 0 Å². The second-order valence-corrected chi connectivity index (χ2v) is 37.5. The van der Waals surface area contributed by atoms with Crippen molar-refractivity contribution in [3.8, 4) is 122 Å². The summed E-state index contributed by atoms with van der Waals surface area (Å²) in [6, 6.07) is 174. The smallest absolute Gasteiger partial charge is 0.143 e. The first kappa shape index (κ1) is 77.9. The van der Waals surface area contributed by atoms with Crippen molar-refractivity contribution in [2.45, 2.75) is 0 Å². The third kappa shape index (κ3) is 11.5. The van der Waals surface area contributed by atoms with E-state index < -0.39 is 0 Å². The molecule has 0 N–H and O–H groups in total. The summed E-state index contributed by atoms with van der Waals surface area (Å²) < 4.78 is 29.5. The van der Waals surface area contributed by atoms with Crippen LogP contribution in [0.3, 0.4) is 0 Å². The molecule has 26 aromatic carbocycles. The molecule has 30 rings (SSSR count). The van der Waals surface area contributed by atoms with Crippen molar-refractivity contribution in [3.63, 3.8) is 0 Å². The third-order valence-electron chi connectivity index (χ3n) is 30.1. The van der Waals surface area contributed by atoms with Crippen molar-refractivity contribution in [1.82, 2.24) is 0 Å². The quantitative estimate of drug-likeness (QED) is 0.121. The van der Waals surface area contributed by atoms with E-state index in [4.69, 9.17) is 17.7 Å². The highest BCUT2D eigenvalue weighted by Crippen LogP contribution is 2.58. The van der Waals surface area contributed by atoms with Gasteiger partial charge in [-0.2, -0.15) is 0 Å². The highest BCUT2D eigenvalue weighted by Gasteiger charge is 2.32. The number of rotatable bonds is 11. The summed E-state index contributed by atoms with van der Waals surface area (Å²) in [5.41, 5.74) is 31.3. The molecule has 0 saturated heterocycles. The number of furan rings is 4. The molecule has 140 heavy (non-hydrogen) atoms. The van der Waals surface area contributed by atoms with Gasteiger partial charge in [-0.3, -0.25) is 0 Å². The Morgan fingerprint density at radius 2 is 0.343 bits per heavy atom. The zero-order valence-electron chi connectivity index (χ0n) is 75.7. The molecule has 0 amide bonds. The molecule has 646 valence electrons. The number of fused-ring (bicyclic) bond motifs is 26. The molecule has 0 atom stereocenters. The number of para-hydroxylation sites is 4. The fraction of sp³-hybridized carbons (Fsp3) is 0. The van der Waals surface area contributed by atoms with Crippen LogP contribution in [0.1, 0.15) is 0 Å². The number of hydrogen-bond acceptors (Lipinski definition) is 4. The molecule has 4 nitrogen and oxygen atoms in total. The van der Waals surface area contributed by atoms with E-state index in [0.717, 1.165) is 230 Å². The Labute approximate surface area is 803 Å². The van der Waals surface area contributed by atoms with Crippen molar-refractivity contribution in [3.05, 3.63) is 473 Å². The van der Waals surface area contributed by atoms with Crippen LogP contribution in [0.15, 0.2) is 491 Å². The van der Waals surface area contributed by atoms with E-state index in [1.165, 1.54) is 87.4 Å². The van der Waals surface area contributed by atoms with Gasteiger partial charge in [0.15, 0.2) is 0 Å². The van der Waals surface area contributed by atoms with Gasteiger partial charge in [0.2, 0.25) is 0 Å². The SMILES string of the molecule is c1ccc(-c2c3ccccc3c(-c3cccc(-c4cc5cc(-c6c7ccccc7c(-c7ccccc7)c7ccccc67)c6oc7ccccc7c6c5c5c4oc4ccccc45)c3)c3cc(-c4ccc(-c5c6ccccc6c(-c6cc7cc(-c8ccccc8-c8c9ccccc9c(-c9ccccc9)c9ccccc89)c8oc9ccccc9c8c7c7c6oc6ccccc67)c6ccccc56)cc4)ccc23)cc1. The predicted molar refractivity (Wildman–Crippen MR) is 590 cm³/mol. The molecule has 0 bridgehead atoms. The first-order chi connectivity index (χ1) is 69.5. The third-order valence-corrected chi connectivity index (χ3v) is 30.1. The predicted octanol–water partition coefficient (Wildman–Crippen LogP) is 39.2. The summed E-state index contributed by atoms with van der Waals surface area (Å²) in [5.74, 6) is 0. The zero-order valence-corrected chi connectivity index (χ0v) is 75.7. The minimum Gasteiger partial charge on any atom is -0.455 e. The summed E-state index contributed by atoms with van der Waals surface area (Å²) in [6.45, 7) is 0. The van der Waals surface area contributed by atoms with Crippen molar-refractivity contribution >= 4 is 195 Å². The van der Waals surface area contributed by atoms with Gasteiger partial charge in [-0.25, -0.2) is 0 Å². The van der Waals surface area contributed by atoms with Crippen LogP contribution in [0.4, 0.5) is 0 Å². The average molecular weight is 1780 g/mol. The van der Waals surface area contributed by atoms with Crippen LogP contribution in [0.2, 0.25) is 0 Å². The van der Waals surface area contributed by atoms with Crippen LogP contribution in [0.25, 0.3) is 318 Å². The van der Waals surface area contributed by atoms with Gasteiger partial charge in [-0.15, -0.1) is 0 Å². The maximum absolute atomic E-state index is 7.46. The maximum Gasteiger partial charge on any atom is 0.143 e. The molecule has 0 aliphatic carbocycles. The lowest BCUT2D eigenvalue weighted by atomic mass is 9.82. The van der Waals surface area contributed by atoms with Crippen LogP contribution in [0, 0.1) is 0 Å². The molecule has 4 aromatic heterocycles. The van der Waals surface area contributed by atoms with Gasteiger partial charge in [0.25, 0.3) is 0 Å². The van der Waals surface area contributed by atoms with Crippen LogP contribution in [-0.4, -0.2) is 0 Å². The Morgan fingerprint density at radius 1 is 0.107 bits per heavy atom. The first-order valence-corrected chi connectivity index (χ1v) is 48.2. The van der Waals surface area contributed by atoms with Crippen molar-refractivity contribution in [2.24, 2.45) is 0 Å². The highest BCUT2D eigenvalue weighted by atomic mass is 16.3. The molecular formula is C136H78O4. The summed E-state index contributed by atoms with van der Waals surface area (Å²) in [6.07, 6.45) is 0.